The first kappa shape index (κ1) is 18.4. The Bertz CT molecular complexity index is 397. The fourth-order valence-electron chi connectivity index (χ4n) is 0.642. The van der Waals surface area contributed by atoms with E-state index in [0.717, 1.165) is 0 Å². The summed E-state index contributed by atoms with van der Waals surface area (Å²) in [5.74, 6) is 0. The van der Waals surface area contributed by atoms with Gasteiger partial charge in [-0.2, -0.15) is 8.62 Å². The van der Waals surface area contributed by atoms with Crippen LogP contribution in [0.2, 0.25) is 0 Å². The van der Waals surface area contributed by atoms with Crippen molar-refractivity contribution in [2.45, 2.75) is 19.4 Å². The number of hydrogen-bond acceptors (Lipinski definition) is 7. The van der Waals surface area contributed by atoms with E-state index >= 15 is 0 Å². The number of rotatable bonds is 8. The van der Waals surface area contributed by atoms with Crippen molar-refractivity contribution in [2.24, 2.45) is 0 Å². The van der Waals surface area contributed by atoms with Crippen molar-refractivity contribution in [1.29, 1.82) is 0 Å². The molecule has 0 rings (SSSR count). The molecule has 0 aromatic heterocycles. The van der Waals surface area contributed by atoms with Crippen LogP contribution >= 0.6 is 23.5 Å². The third kappa shape index (κ3) is 10.3. The molecule has 0 heterocycles. The van der Waals surface area contributed by atoms with Gasteiger partial charge in [-0.3, -0.25) is 4.52 Å². The first-order valence-corrected chi connectivity index (χ1v) is 8.81. The molecule has 0 aliphatic heterocycles. The number of aliphatic hydroxyl groups excluding tert-OH is 1. The number of hydrogen-bond donors (Lipinski definition) is 5. The maximum absolute atomic E-state index is 11.1. The summed E-state index contributed by atoms with van der Waals surface area (Å²) < 4.78 is 43.2. The van der Waals surface area contributed by atoms with Gasteiger partial charge < -0.3 is 24.7 Å². The van der Waals surface area contributed by atoms with Crippen molar-refractivity contribution < 1.29 is 51.5 Å². The highest BCUT2D eigenvalue weighted by Gasteiger charge is 2.40. The zero-order valence-corrected chi connectivity index (χ0v) is 11.7. The highest BCUT2D eigenvalue weighted by molar-refractivity contribution is 7.66. The van der Waals surface area contributed by atoms with Crippen LogP contribution in [0, 0.1) is 0 Å². The van der Waals surface area contributed by atoms with E-state index in [2.05, 4.69) is 13.1 Å². The summed E-state index contributed by atoms with van der Waals surface area (Å²) in [7, 11) is -15.9. The van der Waals surface area contributed by atoms with Gasteiger partial charge in [0.25, 0.3) is 0 Å². The van der Waals surface area contributed by atoms with Gasteiger partial charge in [-0.05, 0) is 13.3 Å². The molecule has 3 unspecified atom stereocenters. The van der Waals surface area contributed by atoms with Crippen molar-refractivity contribution in [2.75, 3.05) is 6.61 Å². The molecule has 0 aliphatic rings. The van der Waals surface area contributed by atoms with Crippen LogP contribution in [0.1, 0.15) is 13.3 Å². The van der Waals surface area contributed by atoms with Gasteiger partial charge in [-0.15, -0.1) is 0 Å². The molecule has 0 saturated carbocycles. The van der Waals surface area contributed by atoms with Gasteiger partial charge in [0.2, 0.25) is 0 Å². The first-order chi connectivity index (χ1) is 7.83. The summed E-state index contributed by atoms with van der Waals surface area (Å²) in [6, 6.07) is 0. The molecule has 0 fully saturated rings. The van der Waals surface area contributed by atoms with Crippen LogP contribution in [-0.4, -0.2) is 37.4 Å². The first-order valence-electron chi connectivity index (χ1n) is 4.29. The lowest BCUT2D eigenvalue weighted by Gasteiger charge is -2.16. The molecule has 0 aliphatic carbocycles. The van der Waals surface area contributed by atoms with Crippen LogP contribution in [0.5, 0.6) is 0 Å². The monoisotopic (exact) mass is 330 g/mol. The van der Waals surface area contributed by atoms with E-state index in [1.165, 1.54) is 6.92 Å². The molecule has 18 heavy (non-hydrogen) atoms. The van der Waals surface area contributed by atoms with Crippen LogP contribution < -0.4 is 0 Å². The Labute approximate surface area is 102 Å². The SMILES string of the molecule is CC(O)CCOP(=O)(O)OP(=O)(O)OP(=O)(O)O. The Kier molecular flexibility index (Phi) is 6.83. The third-order valence-corrected chi connectivity index (χ3v) is 5.04. The topological polar surface area (TPSA) is 180 Å². The minimum atomic E-state index is -5.46. The third-order valence-electron chi connectivity index (χ3n) is 1.21. The number of phosphoric ester groups is 1. The summed E-state index contributed by atoms with van der Waals surface area (Å²) in [5, 5.41) is 8.81. The van der Waals surface area contributed by atoms with Crippen molar-refractivity contribution >= 4 is 23.5 Å². The molecule has 5 N–H and O–H groups in total. The largest absolute Gasteiger partial charge is 0.490 e. The Balaban J connectivity index is 4.43. The number of aliphatic hydroxyl groups is 1. The van der Waals surface area contributed by atoms with E-state index in [9.17, 15) is 13.7 Å². The Hall–Kier alpha value is 0.370. The predicted molar refractivity (Wildman–Crippen MR) is 56.1 cm³/mol. The zero-order valence-electron chi connectivity index (χ0n) is 9.02. The van der Waals surface area contributed by atoms with Gasteiger partial charge in [-0.25, -0.2) is 13.7 Å². The van der Waals surface area contributed by atoms with E-state index in [0.29, 0.717) is 0 Å². The fraction of sp³-hybridized carbons (Fsp3) is 1.00. The molecule has 0 radical (unpaired) electrons. The summed E-state index contributed by atoms with van der Waals surface area (Å²) >= 11 is 0. The maximum atomic E-state index is 11.1. The average Bonchev–Trinajstić information content (AvgIpc) is 1.93. The lowest BCUT2D eigenvalue weighted by atomic mass is 10.3. The Morgan fingerprint density at radius 2 is 1.50 bits per heavy atom. The molecule has 11 nitrogen and oxygen atoms in total. The van der Waals surface area contributed by atoms with E-state index < -0.39 is 36.2 Å². The predicted octanol–water partition coefficient (Wildman–Crippen LogP) is 0.101. The van der Waals surface area contributed by atoms with E-state index in [1.807, 2.05) is 0 Å². The van der Waals surface area contributed by atoms with Crippen LogP contribution in [0.4, 0.5) is 0 Å². The quantitative estimate of drug-likeness (QED) is 0.381. The summed E-state index contributed by atoms with van der Waals surface area (Å²) in [6.07, 6.45) is -0.916. The van der Waals surface area contributed by atoms with Gasteiger partial charge >= 0.3 is 23.5 Å². The second kappa shape index (κ2) is 6.69. The molecule has 110 valence electrons. The minimum absolute atomic E-state index is 0.0665. The van der Waals surface area contributed by atoms with Crippen molar-refractivity contribution in [1.82, 2.24) is 0 Å². The normalized spacial score (nSPS) is 21.0. The molecule has 0 aromatic rings. The van der Waals surface area contributed by atoms with Gasteiger partial charge in [0, 0.05) is 0 Å². The standard InChI is InChI=1S/C4H13O11P3/c1-4(5)2-3-13-17(9,10)15-18(11,12)14-16(6,7)8/h4-5H,2-3H2,1H3,(H,9,10)(H,11,12)(H2,6,7,8). The zero-order chi connectivity index (χ0) is 14.6. The van der Waals surface area contributed by atoms with Crippen LogP contribution in [0.15, 0.2) is 0 Å². The van der Waals surface area contributed by atoms with Crippen LogP contribution in [-0.2, 0) is 26.8 Å². The van der Waals surface area contributed by atoms with Crippen molar-refractivity contribution in [3.8, 4) is 0 Å². The number of phosphoric acid groups is 3. The Morgan fingerprint density at radius 1 is 1.00 bits per heavy atom. The van der Waals surface area contributed by atoms with Gasteiger partial charge in [0.1, 0.15) is 0 Å². The van der Waals surface area contributed by atoms with Crippen molar-refractivity contribution in [3.05, 3.63) is 0 Å². The molecular weight excluding hydrogens is 317 g/mol. The van der Waals surface area contributed by atoms with Crippen LogP contribution in [0.3, 0.4) is 0 Å². The second-order valence-electron chi connectivity index (χ2n) is 3.06. The molecular formula is C4H13O11P3. The van der Waals surface area contributed by atoms with Gasteiger partial charge in [0.15, 0.2) is 0 Å². The molecule has 0 spiro atoms. The van der Waals surface area contributed by atoms with Crippen molar-refractivity contribution in [3.63, 3.8) is 0 Å². The summed E-state index contributed by atoms with van der Waals surface area (Å²) in [5.41, 5.74) is 0. The molecule has 0 bridgehead atoms. The lowest BCUT2D eigenvalue weighted by molar-refractivity contribution is 0.131. The minimum Gasteiger partial charge on any atom is -0.393 e. The highest BCUT2D eigenvalue weighted by atomic mass is 31.3. The van der Waals surface area contributed by atoms with Crippen LogP contribution in [0.25, 0.3) is 0 Å². The summed E-state index contributed by atoms with van der Waals surface area (Å²) in [6.45, 7) is 0.877. The second-order valence-corrected chi connectivity index (χ2v) is 7.48. The maximum Gasteiger partial charge on any atom is 0.490 e. The van der Waals surface area contributed by atoms with Gasteiger partial charge in [0.05, 0.1) is 12.7 Å². The van der Waals surface area contributed by atoms with E-state index in [1.54, 1.807) is 0 Å². The Morgan fingerprint density at radius 3 is 1.89 bits per heavy atom. The van der Waals surface area contributed by atoms with E-state index in [-0.39, 0.29) is 6.42 Å². The molecule has 14 heteroatoms. The molecule has 0 aromatic carbocycles. The molecule has 0 amide bonds. The van der Waals surface area contributed by atoms with E-state index in [4.69, 9.17) is 24.7 Å². The smallest absolute Gasteiger partial charge is 0.393 e. The van der Waals surface area contributed by atoms with Gasteiger partial charge in [-0.1, -0.05) is 0 Å². The lowest BCUT2D eigenvalue weighted by Crippen LogP contribution is -2.05. The highest BCUT2D eigenvalue weighted by Crippen LogP contribution is 2.66. The summed E-state index contributed by atoms with van der Waals surface area (Å²) in [4.78, 5) is 34.1. The molecule has 0 saturated heterocycles. The average molecular weight is 330 g/mol. The molecule has 3 atom stereocenters. The fourth-order valence-corrected chi connectivity index (χ4v) is 3.67.